The zero-order chi connectivity index (χ0) is 34.7. The number of hydrogen-bond acceptors (Lipinski definition) is 9. The van der Waals surface area contributed by atoms with E-state index in [1.54, 1.807) is 12.1 Å². The smallest absolute Gasteiger partial charge is 0.494 e. The van der Waals surface area contributed by atoms with E-state index in [1.165, 1.54) is 11.1 Å². The molecule has 0 radical (unpaired) electrons. The molecule has 1 heterocycles. The first kappa shape index (κ1) is 38.3. The third kappa shape index (κ3) is 12.5. The Labute approximate surface area is 282 Å². The SMILES string of the molecule is CCCCCC(C(=O)NCNC(=O)c1ccc(-c2cc(CNCO[P+](=O)O)cc(OCC)c2)o1)C(CC)N(C=O)OCc1ccccc1. The quantitative estimate of drug-likeness (QED) is 0.0332. The standard InChI is InChI=1S/C34H45N4O9P/c1-4-7-9-14-29(30(5-2)38(24-39)45-21-25-12-10-8-11-13-25)33(40)36-22-37-34(41)32-16-15-31(47-32)27-17-26(18-28(19-27)44-6-3)20-35-23-46-48(42)43/h8,10-13,15-19,24,29-30,35H,4-7,9,14,20-23H2,1-3H3,(H2-,36,37,40,41,42,43)/p+1. The van der Waals surface area contributed by atoms with Crippen LogP contribution in [-0.2, 0) is 36.7 Å². The molecule has 3 amide bonds. The molecule has 3 aromatic rings. The van der Waals surface area contributed by atoms with Gasteiger partial charge < -0.3 is 19.8 Å². The van der Waals surface area contributed by atoms with Gasteiger partial charge in [-0.15, -0.1) is 9.42 Å². The normalized spacial score (nSPS) is 12.5. The molecule has 0 spiro atoms. The van der Waals surface area contributed by atoms with E-state index in [0.717, 1.165) is 30.4 Å². The number of nitrogens with zero attached hydrogens (tertiary/aromatic N) is 1. The largest absolute Gasteiger partial charge is 0.696 e. The number of hydrogen-bond donors (Lipinski definition) is 4. The van der Waals surface area contributed by atoms with Crippen LogP contribution in [0.5, 0.6) is 5.75 Å². The van der Waals surface area contributed by atoms with Crippen LogP contribution in [0.3, 0.4) is 0 Å². The molecular weight excluding hydrogens is 639 g/mol. The number of rotatable bonds is 23. The summed E-state index contributed by atoms with van der Waals surface area (Å²) < 4.78 is 26.9. The van der Waals surface area contributed by atoms with Crippen molar-refractivity contribution < 1.29 is 42.4 Å². The fourth-order valence-corrected chi connectivity index (χ4v) is 5.38. The highest BCUT2D eigenvalue weighted by atomic mass is 31.1. The average Bonchev–Trinajstić information content (AvgIpc) is 3.59. The van der Waals surface area contributed by atoms with E-state index in [0.29, 0.717) is 49.5 Å². The lowest BCUT2D eigenvalue weighted by molar-refractivity contribution is -0.200. The van der Waals surface area contributed by atoms with Gasteiger partial charge in [0.05, 0.1) is 25.2 Å². The van der Waals surface area contributed by atoms with E-state index in [9.17, 15) is 18.9 Å². The lowest BCUT2D eigenvalue weighted by atomic mass is 9.90. The van der Waals surface area contributed by atoms with Crippen LogP contribution in [0, 0.1) is 5.92 Å². The zero-order valence-electron chi connectivity index (χ0n) is 27.7. The van der Waals surface area contributed by atoms with Gasteiger partial charge in [0.25, 0.3) is 5.91 Å². The summed E-state index contributed by atoms with van der Waals surface area (Å²) in [5.74, 6) is -0.299. The molecule has 0 saturated heterocycles. The van der Waals surface area contributed by atoms with Crippen molar-refractivity contribution in [3.05, 3.63) is 77.6 Å². The van der Waals surface area contributed by atoms with Crippen molar-refractivity contribution in [2.24, 2.45) is 5.92 Å². The van der Waals surface area contributed by atoms with Gasteiger partial charge in [-0.05, 0) is 61.2 Å². The Morgan fingerprint density at radius 1 is 1.02 bits per heavy atom. The molecule has 260 valence electrons. The molecule has 0 saturated carbocycles. The van der Waals surface area contributed by atoms with E-state index in [-0.39, 0.29) is 31.7 Å². The van der Waals surface area contributed by atoms with Crippen molar-refractivity contribution in [2.75, 3.05) is 20.0 Å². The van der Waals surface area contributed by atoms with E-state index in [4.69, 9.17) is 18.9 Å². The number of benzene rings is 2. The minimum Gasteiger partial charge on any atom is -0.494 e. The first-order chi connectivity index (χ1) is 23.3. The zero-order valence-corrected chi connectivity index (χ0v) is 28.6. The first-order valence-corrected chi connectivity index (χ1v) is 17.3. The molecular formula is C34H46N4O9P+. The Balaban J connectivity index is 1.63. The lowest BCUT2D eigenvalue weighted by Gasteiger charge is -2.32. The number of unbranched alkanes of at least 4 members (excludes halogenated alkanes) is 2. The summed E-state index contributed by atoms with van der Waals surface area (Å²) in [6, 6.07) is 17.6. The topological polar surface area (TPSA) is 169 Å². The van der Waals surface area contributed by atoms with Gasteiger partial charge in [-0.25, -0.2) is 5.06 Å². The molecule has 3 atom stereocenters. The van der Waals surface area contributed by atoms with Crippen LogP contribution in [0.25, 0.3) is 11.3 Å². The van der Waals surface area contributed by atoms with Crippen LogP contribution in [0.1, 0.15) is 74.6 Å². The fraction of sp³-hybridized carbons (Fsp3) is 0.441. The molecule has 0 aliphatic heterocycles. The number of hydroxylamine groups is 2. The second-order valence-electron chi connectivity index (χ2n) is 10.9. The Morgan fingerprint density at radius 3 is 2.50 bits per heavy atom. The molecule has 0 aliphatic carbocycles. The maximum absolute atomic E-state index is 13.4. The monoisotopic (exact) mass is 685 g/mol. The minimum absolute atomic E-state index is 0.0493. The Bertz CT molecular complexity index is 1450. The Kier molecular flexibility index (Phi) is 16.7. The van der Waals surface area contributed by atoms with Gasteiger partial charge in [-0.1, -0.05) is 63.4 Å². The van der Waals surface area contributed by atoms with Crippen molar-refractivity contribution >= 4 is 26.5 Å². The summed E-state index contributed by atoms with van der Waals surface area (Å²) in [4.78, 5) is 53.1. The van der Waals surface area contributed by atoms with Gasteiger partial charge in [0.15, 0.2) is 12.5 Å². The average molecular weight is 686 g/mol. The van der Waals surface area contributed by atoms with Crippen LogP contribution >= 0.6 is 8.25 Å². The van der Waals surface area contributed by atoms with Crippen molar-refractivity contribution in [3.63, 3.8) is 0 Å². The van der Waals surface area contributed by atoms with Crippen LogP contribution in [-0.4, -0.2) is 54.2 Å². The van der Waals surface area contributed by atoms with Crippen LogP contribution < -0.4 is 20.7 Å². The van der Waals surface area contributed by atoms with Gasteiger partial charge in [0.1, 0.15) is 18.1 Å². The van der Waals surface area contributed by atoms with Gasteiger partial charge >= 0.3 is 8.25 Å². The van der Waals surface area contributed by atoms with Crippen LogP contribution in [0.4, 0.5) is 0 Å². The summed E-state index contributed by atoms with van der Waals surface area (Å²) in [7, 11) is -2.70. The van der Waals surface area contributed by atoms with Crippen LogP contribution in [0.2, 0.25) is 0 Å². The van der Waals surface area contributed by atoms with Crippen molar-refractivity contribution in [1.29, 1.82) is 0 Å². The van der Waals surface area contributed by atoms with E-state index >= 15 is 0 Å². The highest BCUT2D eigenvalue weighted by Crippen LogP contribution is 2.28. The summed E-state index contributed by atoms with van der Waals surface area (Å²) in [6.45, 7) is 6.55. The van der Waals surface area contributed by atoms with Gasteiger partial charge in [0, 0.05) is 16.7 Å². The number of nitrogens with one attached hydrogen (secondary N) is 3. The molecule has 13 nitrogen and oxygen atoms in total. The Morgan fingerprint density at radius 2 is 1.81 bits per heavy atom. The Hall–Kier alpha value is -4.13. The predicted octanol–water partition coefficient (Wildman–Crippen LogP) is 5.43. The summed E-state index contributed by atoms with van der Waals surface area (Å²) in [5.41, 5.74) is 2.36. The second-order valence-corrected chi connectivity index (χ2v) is 11.7. The van der Waals surface area contributed by atoms with Crippen molar-refractivity contribution in [1.82, 2.24) is 21.0 Å². The van der Waals surface area contributed by atoms with E-state index in [2.05, 4.69) is 27.4 Å². The molecule has 0 aliphatic rings. The van der Waals surface area contributed by atoms with E-state index < -0.39 is 26.1 Å². The summed E-state index contributed by atoms with van der Waals surface area (Å²) in [6.07, 6.45) is 4.39. The molecule has 0 fully saturated rings. The van der Waals surface area contributed by atoms with Gasteiger partial charge in [-0.2, -0.15) is 0 Å². The highest BCUT2D eigenvalue weighted by molar-refractivity contribution is 7.32. The number of amides is 3. The lowest BCUT2D eigenvalue weighted by Crippen LogP contribution is -2.48. The number of furan rings is 1. The second kappa shape index (κ2) is 21.0. The number of carbonyl (C=O) groups is 3. The van der Waals surface area contributed by atoms with Crippen molar-refractivity contribution in [2.45, 2.75) is 72.1 Å². The molecule has 2 aromatic carbocycles. The fourth-order valence-electron chi connectivity index (χ4n) is 5.18. The third-order valence-electron chi connectivity index (χ3n) is 7.50. The number of ether oxygens (including phenoxy) is 1. The van der Waals surface area contributed by atoms with Crippen LogP contribution in [0.15, 0.2) is 65.1 Å². The minimum atomic E-state index is -2.70. The molecule has 48 heavy (non-hydrogen) atoms. The molecule has 1 aromatic heterocycles. The first-order valence-electron chi connectivity index (χ1n) is 16.1. The molecule has 3 unspecified atom stereocenters. The number of carbonyl (C=O) groups excluding carboxylic acids is 3. The molecule has 3 rings (SSSR count). The molecule has 0 bridgehead atoms. The maximum atomic E-state index is 13.4. The summed E-state index contributed by atoms with van der Waals surface area (Å²) in [5, 5.41) is 9.63. The predicted molar refractivity (Wildman–Crippen MR) is 179 cm³/mol. The van der Waals surface area contributed by atoms with Gasteiger partial charge in [-0.3, -0.25) is 24.5 Å². The van der Waals surface area contributed by atoms with Crippen molar-refractivity contribution in [3.8, 4) is 17.1 Å². The molecule has 4 N–H and O–H groups in total. The summed E-state index contributed by atoms with van der Waals surface area (Å²) >= 11 is 0. The van der Waals surface area contributed by atoms with E-state index in [1.807, 2.05) is 56.3 Å². The maximum Gasteiger partial charge on any atom is 0.696 e. The molecule has 14 heteroatoms. The highest BCUT2D eigenvalue weighted by Gasteiger charge is 2.32. The third-order valence-corrected chi connectivity index (χ3v) is 7.85. The van der Waals surface area contributed by atoms with Gasteiger partial charge in [0.2, 0.25) is 12.3 Å².